The van der Waals surface area contributed by atoms with E-state index in [0.29, 0.717) is 0 Å². The van der Waals surface area contributed by atoms with Gasteiger partial charge in [0.25, 0.3) is 0 Å². The number of aryl methyl sites for hydroxylation is 2. The molecule has 0 saturated heterocycles. The molecule has 1 saturated carbocycles. The molecule has 2 aliphatic rings. The van der Waals surface area contributed by atoms with Crippen molar-refractivity contribution in [2.45, 2.75) is 51.9 Å². The van der Waals surface area contributed by atoms with Gasteiger partial charge in [0.2, 0.25) is 0 Å². The summed E-state index contributed by atoms with van der Waals surface area (Å²) in [5.41, 5.74) is 4.50. The fourth-order valence-electron chi connectivity index (χ4n) is 3.48. The molecule has 0 heterocycles. The van der Waals surface area contributed by atoms with Gasteiger partial charge in [0, 0.05) is 12.2 Å². The number of hydrogen-bond donors (Lipinski definition) is 1. The summed E-state index contributed by atoms with van der Waals surface area (Å²) in [6.07, 6.45) is 9.60. The van der Waals surface area contributed by atoms with Crippen molar-refractivity contribution >= 4 is 5.69 Å². The van der Waals surface area contributed by atoms with Crippen LogP contribution in [0.2, 0.25) is 0 Å². The standard InChI is InChI=1S/C17H25N/c1-13-5-7-14(8-6-13)12-18-17-10-9-15-3-2-4-16(15)11-17/h9-11,13-14,18H,2-8,12H2,1H3. The zero-order valence-electron chi connectivity index (χ0n) is 11.5. The molecule has 0 aromatic heterocycles. The second-order valence-corrected chi connectivity index (χ2v) is 6.34. The Morgan fingerprint density at radius 2 is 1.83 bits per heavy atom. The van der Waals surface area contributed by atoms with E-state index in [2.05, 4.69) is 30.4 Å². The van der Waals surface area contributed by atoms with Crippen LogP contribution in [0.5, 0.6) is 0 Å². The van der Waals surface area contributed by atoms with E-state index in [0.717, 1.165) is 11.8 Å². The van der Waals surface area contributed by atoms with E-state index < -0.39 is 0 Å². The molecule has 2 aliphatic carbocycles. The Kier molecular flexibility index (Phi) is 3.58. The van der Waals surface area contributed by atoms with Crippen LogP contribution in [0, 0.1) is 11.8 Å². The lowest BCUT2D eigenvalue weighted by molar-refractivity contribution is 0.300. The maximum atomic E-state index is 3.66. The summed E-state index contributed by atoms with van der Waals surface area (Å²) in [5, 5.41) is 3.66. The predicted molar refractivity (Wildman–Crippen MR) is 78.1 cm³/mol. The minimum absolute atomic E-state index is 0.898. The molecular weight excluding hydrogens is 218 g/mol. The third kappa shape index (κ3) is 2.71. The van der Waals surface area contributed by atoms with Gasteiger partial charge in [-0.25, -0.2) is 0 Å². The average Bonchev–Trinajstić information content (AvgIpc) is 2.85. The number of nitrogens with one attached hydrogen (secondary N) is 1. The van der Waals surface area contributed by atoms with Gasteiger partial charge in [-0.1, -0.05) is 25.8 Å². The first-order chi connectivity index (χ1) is 8.81. The molecule has 18 heavy (non-hydrogen) atoms. The summed E-state index contributed by atoms with van der Waals surface area (Å²) >= 11 is 0. The molecule has 0 bridgehead atoms. The number of benzene rings is 1. The Morgan fingerprint density at radius 3 is 2.67 bits per heavy atom. The lowest BCUT2D eigenvalue weighted by Gasteiger charge is -2.26. The third-order valence-corrected chi connectivity index (χ3v) is 4.83. The van der Waals surface area contributed by atoms with Crippen molar-refractivity contribution in [1.82, 2.24) is 0 Å². The molecule has 1 aromatic rings. The second-order valence-electron chi connectivity index (χ2n) is 6.34. The highest BCUT2D eigenvalue weighted by molar-refractivity contribution is 5.50. The van der Waals surface area contributed by atoms with Crippen LogP contribution in [0.4, 0.5) is 5.69 Å². The van der Waals surface area contributed by atoms with Crippen molar-refractivity contribution in [3.05, 3.63) is 29.3 Å². The van der Waals surface area contributed by atoms with E-state index in [1.54, 1.807) is 11.1 Å². The molecule has 1 heteroatoms. The Bertz CT molecular complexity index is 402. The first-order valence-corrected chi connectivity index (χ1v) is 7.67. The fraction of sp³-hybridized carbons (Fsp3) is 0.647. The summed E-state index contributed by atoms with van der Waals surface area (Å²) < 4.78 is 0. The van der Waals surface area contributed by atoms with Crippen LogP contribution in [0.15, 0.2) is 18.2 Å². The zero-order valence-corrected chi connectivity index (χ0v) is 11.5. The Morgan fingerprint density at radius 1 is 1.06 bits per heavy atom. The maximum absolute atomic E-state index is 3.66. The molecule has 1 N–H and O–H groups in total. The predicted octanol–water partition coefficient (Wildman–Crippen LogP) is 4.41. The first kappa shape index (κ1) is 12.1. The van der Waals surface area contributed by atoms with Gasteiger partial charge in [0.1, 0.15) is 0 Å². The molecule has 0 radical (unpaired) electrons. The molecular formula is C17H25N. The molecule has 3 rings (SSSR count). The first-order valence-electron chi connectivity index (χ1n) is 7.67. The lowest BCUT2D eigenvalue weighted by atomic mass is 9.83. The normalized spacial score (nSPS) is 26.9. The van der Waals surface area contributed by atoms with Gasteiger partial charge in [-0.3, -0.25) is 0 Å². The van der Waals surface area contributed by atoms with Crippen LogP contribution >= 0.6 is 0 Å². The van der Waals surface area contributed by atoms with Gasteiger partial charge in [-0.05, 0) is 67.2 Å². The molecule has 0 amide bonds. The summed E-state index contributed by atoms with van der Waals surface area (Å²) in [5.74, 6) is 1.86. The molecule has 0 aliphatic heterocycles. The van der Waals surface area contributed by atoms with E-state index in [9.17, 15) is 0 Å². The highest BCUT2D eigenvalue weighted by Gasteiger charge is 2.18. The molecule has 1 aromatic carbocycles. The molecule has 1 nitrogen and oxygen atoms in total. The van der Waals surface area contributed by atoms with Crippen molar-refractivity contribution in [1.29, 1.82) is 0 Å². The number of hydrogen-bond acceptors (Lipinski definition) is 1. The number of rotatable bonds is 3. The smallest absolute Gasteiger partial charge is 0.0343 e. The quantitative estimate of drug-likeness (QED) is 0.829. The lowest BCUT2D eigenvalue weighted by Crippen LogP contribution is -2.20. The van der Waals surface area contributed by atoms with E-state index in [4.69, 9.17) is 0 Å². The minimum atomic E-state index is 0.898. The molecule has 0 unspecified atom stereocenters. The van der Waals surface area contributed by atoms with Crippen LogP contribution < -0.4 is 5.32 Å². The number of fused-ring (bicyclic) bond motifs is 1. The molecule has 98 valence electrons. The monoisotopic (exact) mass is 243 g/mol. The highest BCUT2D eigenvalue weighted by atomic mass is 14.9. The van der Waals surface area contributed by atoms with Gasteiger partial charge in [0.05, 0.1) is 0 Å². The Hall–Kier alpha value is -0.980. The van der Waals surface area contributed by atoms with Gasteiger partial charge in [-0.15, -0.1) is 0 Å². The van der Waals surface area contributed by atoms with Crippen molar-refractivity contribution in [3.63, 3.8) is 0 Å². The van der Waals surface area contributed by atoms with Crippen LogP contribution in [0.1, 0.15) is 50.2 Å². The van der Waals surface area contributed by atoms with Gasteiger partial charge in [0.15, 0.2) is 0 Å². The largest absolute Gasteiger partial charge is 0.385 e. The van der Waals surface area contributed by atoms with Crippen LogP contribution in [0.25, 0.3) is 0 Å². The summed E-state index contributed by atoms with van der Waals surface area (Å²) in [7, 11) is 0. The zero-order chi connectivity index (χ0) is 12.4. The van der Waals surface area contributed by atoms with Crippen LogP contribution in [-0.2, 0) is 12.8 Å². The molecule has 0 atom stereocenters. The summed E-state index contributed by atoms with van der Waals surface area (Å²) in [6.45, 7) is 3.57. The molecule has 0 spiro atoms. The van der Waals surface area contributed by atoms with Crippen LogP contribution in [0.3, 0.4) is 0 Å². The van der Waals surface area contributed by atoms with E-state index in [-0.39, 0.29) is 0 Å². The second kappa shape index (κ2) is 5.34. The SMILES string of the molecule is CC1CCC(CNc2ccc3c(c2)CCC3)CC1. The topological polar surface area (TPSA) is 12.0 Å². The van der Waals surface area contributed by atoms with Crippen LogP contribution in [-0.4, -0.2) is 6.54 Å². The summed E-state index contributed by atoms with van der Waals surface area (Å²) in [4.78, 5) is 0. The number of anilines is 1. The Balaban J connectivity index is 1.54. The van der Waals surface area contributed by atoms with Gasteiger partial charge in [-0.2, -0.15) is 0 Å². The van der Waals surface area contributed by atoms with Gasteiger partial charge < -0.3 is 5.32 Å². The third-order valence-electron chi connectivity index (χ3n) is 4.83. The minimum Gasteiger partial charge on any atom is -0.385 e. The Labute approximate surface area is 111 Å². The van der Waals surface area contributed by atoms with E-state index in [1.165, 1.54) is 57.2 Å². The van der Waals surface area contributed by atoms with E-state index in [1.807, 2.05) is 0 Å². The summed E-state index contributed by atoms with van der Waals surface area (Å²) in [6, 6.07) is 6.98. The van der Waals surface area contributed by atoms with Gasteiger partial charge >= 0.3 is 0 Å². The maximum Gasteiger partial charge on any atom is 0.0343 e. The van der Waals surface area contributed by atoms with Crippen molar-refractivity contribution in [3.8, 4) is 0 Å². The van der Waals surface area contributed by atoms with E-state index >= 15 is 0 Å². The van der Waals surface area contributed by atoms with Crippen molar-refractivity contribution < 1.29 is 0 Å². The average molecular weight is 243 g/mol. The molecule has 1 fully saturated rings. The highest BCUT2D eigenvalue weighted by Crippen LogP contribution is 2.29. The van der Waals surface area contributed by atoms with Crippen molar-refractivity contribution in [2.24, 2.45) is 11.8 Å². The van der Waals surface area contributed by atoms with Crippen molar-refractivity contribution in [2.75, 3.05) is 11.9 Å². The fourth-order valence-corrected chi connectivity index (χ4v) is 3.48.